The zero-order valence-corrected chi connectivity index (χ0v) is 22.9. The van der Waals surface area contributed by atoms with Gasteiger partial charge in [0.05, 0.1) is 30.5 Å². The van der Waals surface area contributed by atoms with Gasteiger partial charge in [-0.1, -0.05) is 66.7 Å². The van der Waals surface area contributed by atoms with Crippen LogP contribution in [0, 0.1) is 0 Å². The van der Waals surface area contributed by atoms with E-state index >= 15 is 0 Å². The summed E-state index contributed by atoms with van der Waals surface area (Å²) in [6, 6.07) is 26.5. The molecule has 0 saturated carbocycles. The highest BCUT2D eigenvalue weighted by atomic mass is 32.2. The maximum absolute atomic E-state index is 13.5. The van der Waals surface area contributed by atoms with Crippen LogP contribution in [0.1, 0.15) is 23.5 Å². The number of benzene rings is 3. The highest BCUT2D eigenvalue weighted by Gasteiger charge is 2.21. The van der Waals surface area contributed by atoms with Crippen molar-refractivity contribution in [1.29, 1.82) is 0 Å². The molecule has 4 rings (SSSR count). The molecule has 2 N–H and O–H groups in total. The number of nitrogens with zero attached hydrogens (tertiary/aromatic N) is 2. The van der Waals surface area contributed by atoms with Crippen molar-refractivity contribution in [3.05, 3.63) is 96.1 Å². The quantitative estimate of drug-likeness (QED) is 0.355. The Balaban J connectivity index is 1.51. The van der Waals surface area contributed by atoms with Gasteiger partial charge in [-0.2, -0.15) is 0 Å². The van der Waals surface area contributed by atoms with Gasteiger partial charge < -0.3 is 20.1 Å². The van der Waals surface area contributed by atoms with Gasteiger partial charge in [-0.15, -0.1) is 0 Å². The molecule has 0 aliphatic carbocycles. The van der Waals surface area contributed by atoms with Crippen LogP contribution in [0.5, 0.6) is 0 Å². The molecule has 1 aliphatic rings. The molecule has 1 aliphatic heterocycles. The van der Waals surface area contributed by atoms with E-state index in [9.17, 15) is 13.2 Å². The van der Waals surface area contributed by atoms with E-state index in [1.54, 1.807) is 12.1 Å². The number of anilines is 1. The lowest BCUT2D eigenvalue weighted by molar-refractivity contribution is 0.0351. The fourth-order valence-electron chi connectivity index (χ4n) is 4.79. The van der Waals surface area contributed by atoms with Gasteiger partial charge in [-0.05, 0) is 35.7 Å². The molecular weight excluding hydrogens is 514 g/mol. The first-order chi connectivity index (χ1) is 19.0. The first kappa shape index (κ1) is 28.8. The summed E-state index contributed by atoms with van der Waals surface area (Å²) in [5.74, 6) is -0.241. The van der Waals surface area contributed by atoms with Gasteiger partial charge in [0.2, 0.25) is 0 Å². The molecule has 9 heteroatoms. The maximum atomic E-state index is 13.5. The third kappa shape index (κ3) is 8.37. The minimum atomic E-state index is -3.63. The van der Waals surface area contributed by atoms with Gasteiger partial charge in [0.15, 0.2) is 9.84 Å². The third-order valence-electron chi connectivity index (χ3n) is 6.97. The average Bonchev–Trinajstić information content (AvgIpc) is 2.96. The van der Waals surface area contributed by atoms with E-state index in [4.69, 9.17) is 9.84 Å². The lowest BCUT2D eigenvalue weighted by Crippen LogP contribution is -2.44. The van der Waals surface area contributed by atoms with Crippen molar-refractivity contribution in [1.82, 2.24) is 9.80 Å². The normalized spacial score (nSPS) is 14.3. The van der Waals surface area contributed by atoms with Crippen LogP contribution < -0.4 is 5.32 Å². The molecule has 1 heterocycles. The number of morpholine rings is 1. The Bertz CT molecular complexity index is 1240. The molecule has 0 bridgehead atoms. The maximum Gasteiger partial charge on any atom is 0.321 e. The van der Waals surface area contributed by atoms with Crippen LogP contribution in [0.4, 0.5) is 10.5 Å². The van der Waals surface area contributed by atoms with Crippen LogP contribution >= 0.6 is 0 Å². The number of hydrogen-bond acceptors (Lipinski definition) is 6. The number of sulfone groups is 1. The fourth-order valence-corrected chi connectivity index (χ4v) is 5.86. The Kier molecular flexibility index (Phi) is 10.5. The van der Waals surface area contributed by atoms with Gasteiger partial charge in [-0.25, -0.2) is 13.2 Å². The smallest absolute Gasteiger partial charge is 0.321 e. The molecule has 1 saturated heterocycles. The first-order valence-corrected chi connectivity index (χ1v) is 15.0. The fraction of sp³-hybridized carbons (Fsp3) is 0.367. The van der Waals surface area contributed by atoms with Crippen molar-refractivity contribution >= 4 is 21.6 Å². The van der Waals surface area contributed by atoms with Gasteiger partial charge in [0.25, 0.3) is 0 Å². The van der Waals surface area contributed by atoms with Crippen molar-refractivity contribution in [2.24, 2.45) is 0 Å². The largest absolute Gasteiger partial charge is 0.395 e. The summed E-state index contributed by atoms with van der Waals surface area (Å²) >= 11 is 0. The summed E-state index contributed by atoms with van der Waals surface area (Å²) in [4.78, 5) is 17.7. The zero-order valence-electron chi connectivity index (χ0n) is 22.1. The van der Waals surface area contributed by atoms with E-state index in [-0.39, 0.29) is 22.6 Å². The number of ether oxygens (including phenoxy) is 1. The van der Waals surface area contributed by atoms with E-state index in [0.717, 1.165) is 26.1 Å². The summed E-state index contributed by atoms with van der Waals surface area (Å²) in [7, 11) is -3.63. The standard InChI is InChI=1S/C30H37N3O5S/c34-20-23-39(36,37)28-13-7-12-27(24-28)31-30(35)33(17-16-32-18-21-38-22-19-32)15-14-29(25-8-3-1-4-9-25)26-10-5-2-6-11-26/h1-13,24,29,34H,14-23H2,(H,31,35). The lowest BCUT2D eigenvalue weighted by atomic mass is 9.88. The molecule has 1 fully saturated rings. The Morgan fingerprint density at radius 3 is 2.18 bits per heavy atom. The van der Waals surface area contributed by atoms with Crippen LogP contribution in [-0.2, 0) is 14.6 Å². The number of urea groups is 1. The van der Waals surface area contributed by atoms with Crippen LogP contribution in [0.15, 0.2) is 89.8 Å². The van der Waals surface area contributed by atoms with Crippen LogP contribution in [-0.4, -0.2) is 87.7 Å². The number of amides is 2. The topological polar surface area (TPSA) is 99.2 Å². The average molecular weight is 552 g/mol. The van der Waals surface area contributed by atoms with Crippen molar-refractivity contribution in [3.63, 3.8) is 0 Å². The molecule has 3 aromatic rings. The number of aliphatic hydroxyl groups excluding tert-OH is 1. The predicted molar refractivity (Wildman–Crippen MR) is 153 cm³/mol. The van der Waals surface area contributed by atoms with Crippen LogP contribution in [0.25, 0.3) is 0 Å². The number of hydrogen-bond donors (Lipinski definition) is 2. The monoisotopic (exact) mass is 551 g/mol. The Labute approximate surface area is 231 Å². The van der Waals surface area contributed by atoms with Gasteiger partial charge in [-0.3, -0.25) is 4.90 Å². The molecule has 0 unspecified atom stereocenters. The summed E-state index contributed by atoms with van der Waals surface area (Å²) in [5, 5.41) is 12.0. The molecule has 0 radical (unpaired) electrons. The van der Waals surface area contributed by atoms with E-state index in [1.807, 2.05) is 41.3 Å². The molecule has 8 nitrogen and oxygen atoms in total. The van der Waals surface area contributed by atoms with Crippen molar-refractivity contribution < 1.29 is 23.1 Å². The van der Waals surface area contributed by atoms with Crippen molar-refractivity contribution in [2.75, 3.05) is 63.6 Å². The first-order valence-electron chi connectivity index (χ1n) is 13.4. The number of aliphatic hydroxyl groups is 1. The minimum absolute atomic E-state index is 0.0717. The predicted octanol–water partition coefficient (Wildman–Crippen LogP) is 3.84. The molecule has 208 valence electrons. The third-order valence-corrected chi connectivity index (χ3v) is 8.67. The van der Waals surface area contributed by atoms with Crippen LogP contribution in [0.2, 0.25) is 0 Å². The molecule has 0 aromatic heterocycles. The molecule has 39 heavy (non-hydrogen) atoms. The van der Waals surface area contributed by atoms with Gasteiger partial charge in [0.1, 0.15) is 0 Å². The van der Waals surface area contributed by atoms with Crippen LogP contribution in [0.3, 0.4) is 0 Å². The van der Waals surface area contributed by atoms with Crippen molar-refractivity contribution in [2.45, 2.75) is 17.2 Å². The highest BCUT2D eigenvalue weighted by Crippen LogP contribution is 2.28. The summed E-state index contributed by atoms with van der Waals surface area (Å²) in [6.45, 7) is 4.35. The summed E-state index contributed by atoms with van der Waals surface area (Å²) in [5.41, 5.74) is 2.79. The van der Waals surface area contributed by atoms with Crippen molar-refractivity contribution in [3.8, 4) is 0 Å². The zero-order chi connectivity index (χ0) is 27.5. The van der Waals surface area contributed by atoms with Gasteiger partial charge in [0, 0.05) is 44.3 Å². The molecule has 0 atom stereocenters. The number of carbonyl (C=O) groups excluding carboxylic acids is 1. The Hall–Kier alpha value is -3.24. The number of carbonyl (C=O) groups is 1. The Morgan fingerprint density at radius 1 is 0.923 bits per heavy atom. The molecule has 2 amide bonds. The second-order valence-electron chi connectivity index (χ2n) is 9.60. The summed E-state index contributed by atoms with van der Waals surface area (Å²) < 4.78 is 30.3. The second-order valence-corrected chi connectivity index (χ2v) is 11.7. The Morgan fingerprint density at radius 2 is 1.56 bits per heavy atom. The van der Waals surface area contributed by atoms with Gasteiger partial charge >= 0.3 is 6.03 Å². The number of nitrogens with one attached hydrogen (secondary N) is 1. The molecule has 0 spiro atoms. The SMILES string of the molecule is O=C(Nc1cccc(S(=O)(=O)CCO)c1)N(CCC(c1ccccc1)c1ccccc1)CCN1CCOCC1. The van der Waals surface area contributed by atoms with E-state index in [1.165, 1.54) is 23.3 Å². The molecule has 3 aromatic carbocycles. The summed E-state index contributed by atoms with van der Waals surface area (Å²) in [6.07, 6.45) is 0.732. The second kappa shape index (κ2) is 14.2. The van der Waals surface area contributed by atoms with E-state index in [0.29, 0.717) is 32.0 Å². The highest BCUT2D eigenvalue weighted by molar-refractivity contribution is 7.91. The number of rotatable bonds is 12. The van der Waals surface area contributed by atoms with E-state index in [2.05, 4.69) is 34.5 Å². The molecular formula is C30H37N3O5S. The lowest BCUT2D eigenvalue weighted by Gasteiger charge is -2.31. The van der Waals surface area contributed by atoms with E-state index < -0.39 is 16.4 Å². The minimum Gasteiger partial charge on any atom is -0.395 e.